The summed E-state index contributed by atoms with van der Waals surface area (Å²) in [5, 5.41) is 2.92. The topological polar surface area (TPSA) is 75.3 Å². The zero-order valence-electron chi connectivity index (χ0n) is 14.4. The number of sulfonamides is 1. The third-order valence-corrected chi connectivity index (χ3v) is 5.26. The Morgan fingerprint density at radius 3 is 2.44 bits per heavy atom. The highest BCUT2D eigenvalue weighted by atomic mass is 32.2. The average Bonchev–Trinajstić information content (AvgIpc) is 2.61. The first-order valence-corrected chi connectivity index (χ1v) is 9.47. The smallest absolute Gasteiger partial charge is 0.255 e. The van der Waals surface area contributed by atoms with Gasteiger partial charge in [0.1, 0.15) is 0 Å². The standard InChI is InChI=1S/C19H22N2O3S/c1-4-13-20-25(23,24)17-11-9-16(10-12-17)19(22)21-18-14(3)7-6-8-15(18)5-2/h4,6-12,20H,1,5,13H2,2-3H3,(H,21,22). The molecule has 0 aliphatic heterocycles. The molecular formula is C19H22N2O3S. The molecule has 25 heavy (non-hydrogen) atoms. The quantitative estimate of drug-likeness (QED) is 0.746. The second-order valence-electron chi connectivity index (χ2n) is 5.58. The number of hydrogen-bond acceptors (Lipinski definition) is 3. The van der Waals surface area contributed by atoms with Gasteiger partial charge in [0.15, 0.2) is 0 Å². The number of para-hydroxylation sites is 1. The van der Waals surface area contributed by atoms with Crippen LogP contribution in [0.1, 0.15) is 28.4 Å². The van der Waals surface area contributed by atoms with Crippen LogP contribution in [0.5, 0.6) is 0 Å². The van der Waals surface area contributed by atoms with Crippen molar-refractivity contribution in [2.45, 2.75) is 25.2 Å². The molecular weight excluding hydrogens is 336 g/mol. The van der Waals surface area contributed by atoms with Crippen molar-refractivity contribution in [2.75, 3.05) is 11.9 Å². The summed E-state index contributed by atoms with van der Waals surface area (Å²) in [5.41, 5.74) is 3.24. The van der Waals surface area contributed by atoms with Gasteiger partial charge in [-0.05, 0) is 48.7 Å². The molecule has 0 bridgehead atoms. The lowest BCUT2D eigenvalue weighted by molar-refractivity contribution is 0.102. The van der Waals surface area contributed by atoms with Gasteiger partial charge in [0, 0.05) is 17.8 Å². The highest BCUT2D eigenvalue weighted by Crippen LogP contribution is 2.22. The molecule has 0 saturated carbocycles. The molecule has 0 aromatic heterocycles. The molecule has 2 N–H and O–H groups in total. The summed E-state index contributed by atoms with van der Waals surface area (Å²) in [6, 6.07) is 11.7. The van der Waals surface area contributed by atoms with Gasteiger partial charge in [0.05, 0.1) is 4.90 Å². The number of rotatable bonds is 7. The molecule has 0 aliphatic rings. The molecule has 6 heteroatoms. The van der Waals surface area contributed by atoms with E-state index < -0.39 is 10.0 Å². The van der Waals surface area contributed by atoms with Crippen LogP contribution in [0.4, 0.5) is 5.69 Å². The molecule has 2 aromatic carbocycles. The van der Waals surface area contributed by atoms with Crippen molar-refractivity contribution in [1.82, 2.24) is 4.72 Å². The Bertz CT molecular complexity index is 872. The zero-order chi connectivity index (χ0) is 18.4. The molecule has 0 spiro atoms. The van der Waals surface area contributed by atoms with E-state index in [-0.39, 0.29) is 17.3 Å². The maximum atomic E-state index is 12.5. The van der Waals surface area contributed by atoms with Gasteiger partial charge in [0.25, 0.3) is 5.91 Å². The summed E-state index contributed by atoms with van der Waals surface area (Å²) in [6.07, 6.45) is 2.27. The van der Waals surface area contributed by atoms with Crippen LogP contribution in [0.25, 0.3) is 0 Å². The number of aryl methyl sites for hydroxylation is 2. The lowest BCUT2D eigenvalue weighted by Crippen LogP contribution is -2.23. The van der Waals surface area contributed by atoms with E-state index in [1.807, 2.05) is 32.0 Å². The van der Waals surface area contributed by atoms with Crippen LogP contribution in [0, 0.1) is 6.92 Å². The number of hydrogen-bond donors (Lipinski definition) is 2. The van der Waals surface area contributed by atoms with Crippen LogP contribution in [0.3, 0.4) is 0 Å². The fourth-order valence-electron chi connectivity index (χ4n) is 2.43. The van der Waals surface area contributed by atoms with Crippen LogP contribution in [-0.2, 0) is 16.4 Å². The lowest BCUT2D eigenvalue weighted by Gasteiger charge is -2.13. The van der Waals surface area contributed by atoms with Crippen LogP contribution in [-0.4, -0.2) is 20.9 Å². The molecule has 132 valence electrons. The Balaban J connectivity index is 2.20. The van der Waals surface area contributed by atoms with Gasteiger partial charge < -0.3 is 5.32 Å². The minimum absolute atomic E-state index is 0.107. The molecule has 0 radical (unpaired) electrons. The highest BCUT2D eigenvalue weighted by molar-refractivity contribution is 7.89. The predicted octanol–water partition coefficient (Wildman–Crippen LogP) is 3.27. The third-order valence-electron chi connectivity index (χ3n) is 3.82. The van der Waals surface area contributed by atoms with E-state index in [9.17, 15) is 13.2 Å². The van der Waals surface area contributed by atoms with Gasteiger partial charge in [-0.3, -0.25) is 4.79 Å². The molecule has 0 unspecified atom stereocenters. The summed E-state index contributed by atoms with van der Waals surface area (Å²) in [6.45, 7) is 7.59. The Hall–Kier alpha value is -2.44. The second kappa shape index (κ2) is 8.09. The summed E-state index contributed by atoms with van der Waals surface area (Å²) >= 11 is 0. The second-order valence-corrected chi connectivity index (χ2v) is 7.35. The molecule has 0 fully saturated rings. The zero-order valence-corrected chi connectivity index (χ0v) is 15.2. The third kappa shape index (κ3) is 4.55. The van der Waals surface area contributed by atoms with Crippen LogP contribution in [0.2, 0.25) is 0 Å². The highest BCUT2D eigenvalue weighted by Gasteiger charge is 2.15. The number of benzene rings is 2. The summed E-state index contributed by atoms with van der Waals surface area (Å²) in [7, 11) is -3.59. The average molecular weight is 358 g/mol. The largest absolute Gasteiger partial charge is 0.321 e. The van der Waals surface area contributed by atoms with Gasteiger partial charge in [-0.25, -0.2) is 13.1 Å². The lowest BCUT2D eigenvalue weighted by atomic mass is 10.1. The molecule has 2 rings (SSSR count). The minimum atomic E-state index is -3.59. The molecule has 0 atom stereocenters. The van der Waals surface area contributed by atoms with Gasteiger partial charge in [0.2, 0.25) is 10.0 Å². The van der Waals surface area contributed by atoms with Crippen molar-refractivity contribution >= 4 is 21.6 Å². The number of carbonyl (C=O) groups is 1. The van der Waals surface area contributed by atoms with E-state index in [4.69, 9.17) is 0 Å². The fraction of sp³-hybridized carbons (Fsp3) is 0.211. The van der Waals surface area contributed by atoms with Crippen molar-refractivity contribution in [3.63, 3.8) is 0 Å². The van der Waals surface area contributed by atoms with Crippen molar-refractivity contribution in [2.24, 2.45) is 0 Å². The number of nitrogens with one attached hydrogen (secondary N) is 2. The monoisotopic (exact) mass is 358 g/mol. The van der Waals surface area contributed by atoms with Crippen LogP contribution >= 0.6 is 0 Å². The van der Waals surface area contributed by atoms with E-state index in [0.29, 0.717) is 5.56 Å². The first kappa shape index (κ1) is 18.9. The molecule has 0 aliphatic carbocycles. The first-order chi connectivity index (χ1) is 11.9. The molecule has 5 nitrogen and oxygen atoms in total. The summed E-state index contributed by atoms with van der Waals surface area (Å²) in [5.74, 6) is -0.271. The Kier molecular flexibility index (Phi) is 6.12. The van der Waals surface area contributed by atoms with E-state index in [0.717, 1.165) is 23.2 Å². The van der Waals surface area contributed by atoms with Crippen molar-refractivity contribution < 1.29 is 13.2 Å². The van der Waals surface area contributed by atoms with Gasteiger partial charge in [-0.2, -0.15) is 0 Å². The Morgan fingerprint density at radius 1 is 1.16 bits per heavy atom. The SMILES string of the molecule is C=CCNS(=O)(=O)c1ccc(C(=O)Nc2c(C)cccc2CC)cc1. The van der Waals surface area contributed by atoms with E-state index >= 15 is 0 Å². The number of carbonyl (C=O) groups excluding carboxylic acids is 1. The van der Waals surface area contributed by atoms with Crippen molar-refractivity contribution in [3.05, 3.63) is 71.8 Å². The number of anilines is 1. The molecule has 0 heterocycles. The summed E-state index contributed by atoms with van der Waals surface area (Å²) in [4.78, 5) is 12.6. The van der Waals surface area contributed by atoms with Gasteiger partial charge >= 0.3 is 0 Å². The normalized spacial score (nSPS) is 11.1. The Morgan fingerprint density at radius 2 is 1.84 bits per heavy atom. The van der Waals surface area contributed by atoms with Gasteiger partial charge in [-0.1, -0.05) is 31.2 Å². The maximum absolute atomic E-state index is 12.5. The Labute approximate surface area is 148 Å². The number of amides is 1. The van der Waals surface area contributed by atoms with Gasteiger partial charge in [-0.15, -0.1) is 6.58 Å². The first-order valence-electron chi connectivity index (χ1n) is 7.99. The summed E-state index contributed by atoms with van der Waals surface area (Å²) < 4.78 is 26.5. The van der Waals surface area contributed by atoms with Crippen LogP contribution < -0.4 is 10.0 Å². The van der Waals surface area contributed by atoms with E-state index in [2.05, 4.69) is 16.6 Å². The fourth-order valence-corrected chi connectivity index (χ4v) is 3.42. The minimum Gasteiger partial charge on any atom is -0.321 e. The van der Waals surface area contributed by atoms with E-state index in [1.165, 1.54) is 30.3 Å². The van der Waals surface area contributed by atoms with Crippen molar-refractivity contribution in [1.29, 1.82) is 0 Å². The van der Waals surface area contributed by atoms with E-state index in [1.54, 1.807) is 0 Å². The molecule has 2 aromatic rings. The van der Waals surface area contributed by atoms with Crippen LogP contribution in [0.15, 0.2) is 60.0 Å². The molecule has 1 amide bonds. The maximum Gasteiger partial charge on any atom is 0.255 e. The molecule has 0 saturated heterocycles. The van der Waals surface area contributed by atoms with Crippen molar-refractivity contribution in [3.8, 4) is 0 Å². The predicted molar refractivity (Wildman–Crippen MR) is 100 cm³/mol.